The Morgan fingerprint density at radius 2 is 2.17 bits per heavy atom. The van der Waals surface area contributed by atoms with E-state index in [4.69, 9.17) is 4.99 Å². The van der Waals surface area contributed by atoms with E-state index in [0.29, 0.717) is 18.1 Å². The van der Waals surface area contributed by atoms with Gasteiger partial charge in [0, 0.05) is 37.1 Å². The van der Waals surface area contributed by atoms with Gasteiger partial charge in [0.15, 0.2) is 0 Å². The van der Waals surface area contributed by atoms with Gasteiger partial charge < -0.3 is 0 Å². The molecule has 0 aromatic rings. The largest absolute Gasteiger partial charge is 0.298 e. The predicted octanol–water partition coefficient (Wildman–Crippen LogP) is 1.76. The Kier molecular flexibility index (Phi) is 4.39. The molecule has 0 radical (unpaired) electrons. The minimum Gasteiger partial charge on any atom is -0.298 e. The molecule has 0 aromatic carbocycles. The van der Waals surface area contributed by atoms with Gasteiger partial charge in [0.1, 0.15) is 0 Å². The van der Waals surface area contributed by atoms with E-state index in [2.05, 4.69) is 40.3 Å². The molecule has 3 atom stereocenters. The Hall–Kier alpha value is -0.320. The second-order valence-electron chi connectivity index (χ2n) is 5.34. The lowest BCUT2D eigenvalue weighted by Crippen LogP contribution is -2.56. The SMILES string of the molecule is C1=CC(C2CCCC=N2)C(N2CCSCC2)NC1. The van der Waals surface area contributed by atoms with Crippen molar-refractivity contribution in [2.24, 2.45) is 10.9 Å². The molecule has 0 bridgehead atoms. The second kappa shape index (κ2) is 6.22. The molecule has 100 valence electrons. The van der Waals surface area contributed by atoms with Crippen LogP contribution in [-0.4, -0.2) is 54.5 Å². The van der Waals surface area contributed by atoms with Crippen molar-refractivity contribution in [1.29, 1.82) is 0 Å². The fourth-order valence-corrected chi connectivity index (χ4v) is 4.15. The molecule has 3 aliphatic heterocycles. The van der Waals surface area contributed by atoms with E-state index in [0.717, 1.165) is 6.54 Å². The van der Waals surface area contributed by atoms with Gasteiger partial charge in [-0.3, -0.25) is 15.2 Å². The van der Waals surface area contributed by atoms with E-state index >= 15 is 0 Å². The van der Waals surface area contributed by atoms with Gasteiger partial charge >= 0.3 is 0 Å². The first kappa shape index (κ1) is 12.7. The van der Waals surface area contributed by atoms with Gasteiger partial charge in [-0.05, 0) is 25.5 Å². The van der Waals surface area contributed by atoms with Gasteiger partial charge in [-0.15, -0.1) is 0 Å². The van der Waals surface area contributed by atoms with Crippen molar-refractivity contribution >= 4 is 18.0 Å². The molecule has 0 aromatic heterocycles. The van der Waals surface area contributed by atoms with Crippen LogP contribution in [0.1, 0.15) is 19.3 Å². The summed E-state index contributed by atoms with van der Waals surface area (Å²) in [7, 11) is 0. The summed E-state index contributed by atoms with van der Waals surface area (Å²) >= 11 is 2.08. The number of thioether (sulfide) groups is 1. The normalized spacial score (nSPS) is 37.9. The number of hydrogen-bond donors (Lipinski definition) is 1. The van der Waals surface area contributed by atoms with Gasteiger partial charge in [0.2, 0.25) is 0 Å². The highest BCUT2D eigenvalue weighted by molar-refractivity contribution is 7.99. The van der Waals surface area contributed by atoms with Crippen LogP contribution in [0.5, 0.6) is 0 Å². The smallest absolute Gasteiger partial charge is 0.0685 e. The highest BCUT2D eigenvalue weighted by atomic mass is 32.2. The lowest BCUT2D eigenvalue weighted by atomic mass is 9.88. The van der Waals surface area contributed by atoms with Crippen molar-refractivity contribution in [3.05, 3.63) is 12.2 Å². The van der Waals surface area contributed by atoms with Crippen molar-refractivity contribution in [2.75, 3.05) is 31.1 Å². The van der Waals surface area contributed by atoms with Crippen LogP contribution in [0.15, 0.2) is 17.1 Å². The molecule has 3 rings (SSSR count). The molecule has 3 aliphatic rings. The molecular weight excluding hydrogens is 242 g/mol. The fourth-order valence-electron chi connectivity index (χ4n) is 3.22. The van der Waals surface area contributed by atoms with E-state index in [1.54, 1.807) is 0 Å². The molecular formula is C14H23N3S. The van der Waals surface area contributed by atoms with Crippen molar-refractivity contribution in [3.8, 4) is 0 Å². The van der Waals surface area contributed by atoms with Crippen molar-refractivity contribution in [1.82, 2.24) is 10.2 Å². The molecule has 0 amide bonds. The maximum Gasteiger partial charge on any atom is 0.0685 e. The number of rotatable bonds is 2. The maximum absolute atomic E-state index is 4.75. The molecule has 4 heteroatoms. The third-order valence-corrected chi connectivity index (χ3v) is 5.12. The third kappa shape index (κ3) is 2.81. The molecule has 1 fully saturated rings. The highest BCUT2D eigenvalue weighted by Gasteiger charge is 2.33. The molecule has 0 aliphatic carbocycles. The zero-order chi connectivity index (χ0) is 12.2. The standard InChI is InChI=1S/C14H23N3S/c1-2-6-15-13(5-1)12-4-3-7-16-14(12)17-8-10-18-11-9-17/h3-4,6,12-14,16H,1-2,5,7-11H2. The summed E-state index contributed by atoms with van der Waals surface area (Å²) in [6.07, 6.45) is 11.1. The predicted molar refractivity (Wildman–Crippen MR) is 79.4 cm³/mol. The summed E-state index contributed by atoms with van der Waals surface area (Å²) in [6.45, 7) is 3.47. The quantitative estimate of drug-likeness (QED) is 0.771. The summed E-state index contributed by atoms with van der Waals surface area (Å²) in [5, 5.41) is 3.69. The van der Waals surface area contributed by atoms with Crippen LogP contribution in [-0.2, 0) is 0 Å². The van der Waals surface area contributed by atoms with Crippen LogP contribution >= 0.6 is 11.8 Å². The average Bonchev–Trinajstić information content (AvgIpc) is 2.49. The number of hydrogen-bond acceptors (Lipinski definition) is 4. The van der Waals surface area contributed by atoms with E-state index in [-0.39, 0.29) is 0 Å². The van der Waals surface area contributed by atoms with E-state index in [9.17, 15) is 0 Å². The molecule has 3 unspecified atom stereocenters. The van der Waals surface area contributed by atoms with Crippen molar-refractivity contribution < 1.29 is 0 Å². The molecule has 1 saturated heterocycles. The summed E-state index contributed by atoms with van der Waals surface area (Å²) in [5.41, 5.74) is 0. The van der Waals surface area contributed by atoms with Gasteiger partial charge in [-0.25, -0.2) is 0 Å². The Morgan fingerprint density at radius 1 is 1.28 bits per heavy atom. The van der Waals surface area contributed by atoms with E-state index in [1.165, 1.54) is 43.9 Å². The molecule has 1 N–H and O–H groups in total. The Labute approximate surface area is 114 Å². The minimum absolute atomic E-state index is 0.502. The molecule has 3 nitrogen and oxygen atoms in total. The number of nitrogens with zero attached hydrogens (tertiary/aromatic N) is 2. The Bertz CT molecular complexity index is 323. The lowest BCUT2D eigenvalue weighted by molar-refractivity contribution is 0.125. The van der Waals surface area contributed by atoms with Crippen LogP contribution in [0.25, 0.3) is 0 Å². The fraction of sp³-hybridized carbons (Fsp3) is 0.786. The molecule has 0 spiro atoms. The first-order valence-corrected chi connectivity index (χ1v) is 8.34. The van der Waals surface area contributed by atoms with Crippen LogP contribution in [0.2, 0.25) is 0 Å². The van der Waals surface area contributed by atoms with Crippen LogP contribution in [0, 0.1) is 5.92 Å². The van der Waals surface area contributed by atoms with E-state index in [1.807, 2.05) is 0 Å². The Morgan fingerprint density at radius 3 is 2.94 bits per heavy atom. The summed E-state index contributed by atoms with van der Waals surface area (Å²) in [5.74, 6) is 3.13. The van der Waals surface area contributed by atoms with Crippen molar-refractivity contribution in [2.45, 2.75) is 31.5 Å². The van der Waals surface area contributed by atoms with Gasteiger partial charge in [0.05, 0.1) is 12.2 Å². The first-order chi connectivity index (χ1) is 8.95. The topological polar surface area (TPSA) is 27.6 Å². The van der Waals surface area contributed by atoms with Gasteiger partial charge in [-0.2, -0.15) is 11.8 Å². The number of nitrogens with one attached hydrogen (secondary N) is 1. The lowest BCUT2D eigenvalue weighted by Gasteiger charge is -2.42. The van der Waals surface area contributed by atoms with Crippen LogP contribution in [0.3, 0.4) is 0 Å². The summed E-state index contributed by atoms with van der Waals surface area (Å²) in [4.78, 5) is 7.38. The van der Waals surface area contributed by atoms with Crippen molar-refractivity contribution in [3.63, 3.8) is 0 Å². The zero-order valence-electron chi connectivity index (χ0n) is 10.9. The second-order valence-corrected chi connectivity index (χ2v) is 6.56. The molecule has 18 heavy (non-hydrogen) atoms. The maximum atomic E-state index is 4.75. The third-order valence-electron chi connectivity index (χ3n) is 4.18. The minimum atomic E-state index is 0.502. The van der Waals surface area contributed by atoms with Gasteiger partial charge in [0.25, 0.3) is 0 Å². The Balaban J connectivity index is 1.72. The summed E-state index contributed by atoms with van der Waals surface area (Å²) < 4.78 is 0. The first-order valence-electron chi connectivity index (χ1n) is 7.18. The van der Waals surface area contributed by atoms with E-state index < -0.39 is 0 Å². The monoisotopic (exact) mass is 265 g/mol. The van der Waals surface area contributed by atoms with Crippen LogP contribution in [0.4, 0.5) is 0 Å². The highest BCUT2D eigenvalue weighted by Crippen LogP contribution is 2.27. The number of aliphatic imine (C=N–C) groups is 1. The van der Waals surface area contributed by atoms with Crippen LogP contribution < -0.4 is 5.32 Å². The summed E-state index contributed by atoms with van der Waals surface area (Å²) in [6, 6.07) is 0.502. The van der Waals surface area contributed by atoms with Gasteiger partial charge in [-0.1, -0.05) is 12.2 Å². The average molecular weight is 265 g/mol. The zero-order valence-corrected chi connectivity index (χ0v) is 11.7. The molecule has 3 heterocycles. The molecule has 0 saturated carbocycles.